The average molecular weight is 451 g/mol. The van der Waals surface area contributed by atoms with Gasteiger partial charge >= 0.3 is 0 Å². The van der Waals surface area contributed by atoms with Gasteiger partial charge in [-0.2, -0.15) is 0 Å². The first-order chi connectivity index (χ1) is 14.8. The van der Waals surface area contributed by atoms with Crippen LogP contribution in [0.1, 0.15) is 27.3 Å². The molecule has 0 radical (unpaired) electrons. The molecule has 1 N–H and O–H groups in total. The summed E-state index contributed by atoms with van der Waals surface area (Å²) in [5.74, 6) is 0.161. The number of rotatable bonds is 4. The fourth-order valence-electron chi connectivity index (χ4n) is 3.34. The van der Waals surface area contributed by atoms with Gasteiger partial charge in [-0.15, -0.1) is 5.10 Å². The number of nitrogens with one attached hydrogen (secondary N) is 1. The Balaban J connectivity index is 1.81. The first-order valence-corrected chi connectivity index (χ1v) is 10.5. The molecule has 1 heterocycles. The molecule has 0 spiro atoms. The van der Waals surface area contributed by atoms with Crippen LogP contribution in [-0.4, -0.2) is 20.7 Å². The third-order valence-corrected chi connectivity index (χ3v) is 5.39. The fraction of sp³-hybridized carbons (Fsp3) is 0.125. The van der Waals surface area contributed by atoms with E-state index in [-0.39, 0.29) is 5.82 Å². The van der Waals surface area contributed by atoms with Crippen LogP contribution in [-0.2, 0) is 0 Å². The van der Waals surface area contributed by atoms with Crippen LogP contribution in [0.4, 0.5) is 5.69 Å². The van der Waals surface area contributed by atoms with Crippen LogP contribution < -0.4 is 5.32 Å². The highest BCUT2D eigenvalue weighted by Crippen LogP contribution is 2.26. The molecule has 0 atom stereocenters. The van der Waals surface area contributed by atoms with Gasteiger partial charge in [-0.3, -0.25) is 4.79 Å². The van der Waals surface area contributed by atoms with Crippen molar-refractivity contribution in [2.24, 2.45) is 0 Å². The molecule has 0 saturated carbocycles. The summed E-state index contributed by atoms with van der Waals surface area (Å²) in [5.41, 5.74) is 5.27. The van der Waals surface area contributed by atoms with Crippen LogP contribution in [0.5, 0.6) is 0 Å². The number of benzene rings is 3. The summed E-state index contributed by atoms with van der Waals surface area (Å²) < 4.78 is 1.68. The third kappa shape index (κ3) is 4.48. The number of anilines is 1. The Morgan fingerprint density at radius 3 is 2.42 bits per heavy atom. The van der Waals surface area contributed by atoms with Gasteiger partial charge in [0.25, 0.3) is 5.91 Å². The summed E-state index contributed by atoms with van der Waals surface area (Å²) >= 11 is 12.3. The second kappa shape index (κ2) is 8.53. The smallest absolute Gasteiger partial charge is 0.295 e. The van der Waals surface area contributed by atoms with Crippen LogP contribution in [0.25, 0.3) is 17.1 Å². The predicted molar refractivity (Wildman–Crippen MR) is 125 cm³/mol. The lowest BCUT2D eigenvalue weighted by molar-refractivity contribution is 0.101. The van der Waals surface area contributed by atoms with Crippen molar-refractivity contribution in [2.75, 3.05) is 5.32 Å². The number of hydrogen-bond acceptors (Lipinski definition) is 3. The molecule has 3 aromatic carbocycles. The van der Waals surface area contributed by atoms with E-state index < -0.39 is 5.91 Å². The number of nitrogens with zero attached hydrogens (tertiary/aromatic N) is 3. The highest BCUT2D eigenvalue weighted by Gasteiger charge is 2.20. The van der Waals surface area contributed by atoms with Gasteiger partial charge in [-0.05, 0) is 62.2 Å². The predicted octanol–water partition coefficient (Wildman–Crippen LogP) is 6.42. The summed E-state index contributed by atoms with van der Waals surface area (Å²) in [6, 6.07) is 18.7. The summed E-state index contributed by atoms with van der Waals surface area (Å²) in [6.45, 7) is 5.92. The number of aromatic nitrogens is 3. The molecule has 1 amide bonds. The van der Waals surface area contributed by atoms with Gasteiger partial charge in [0, 0.05) is 21.3 Å². The Bertz CT molecular complexity index is 1300. The molecule has 156 valence electrons. The van der Waals surface area contributed by atoms with Crippen molar-refractivity contribution in [3.05, 3.63) is 93.2 Å². The molecule has 31 heavy (non-hydrogen) atoms. The summed E-state index contributed by atoms with van der Waals surface area (Å²) in [7, 11) is 0. The normalized spacial score (nSPS) is 10.9. The molecule has 0 aliphatic heterocycles. The van der Waals surface area contributed by atoms with E-state index in [9.17, 15) is 4.79 Å². The average Bonchev–Trinajstić information content (AvgIpc) is 3.16. The third-order valence-electron chi connectivity index (χ3n) is 4.92. The van der Waals surface area contributed by atoms with E-state index in [1.54, 1.807) is 28.9 Å². The van der Waals surface area contributed by atoms with Crippen LogP contribution >= 0.6 is 23.2 Å². The maximum absolute atomic E-state index is 13.0. The van der Waals surface area contributed by atoms with Crippen molar-refractivity contribution in [1.82, 2.24) is 14.8 Å². The monoisotopic (exact) mass is 450 g/mol. The SMILES string of the molecule is Cc1ccc(-n2nc(C(=O)Nc3cc(Cl)ccc3C)nc2-c2cccc(Cl)c2)c(C)c1. The highest BCUT2D eigenvalue weighted by atomic mass is 35.5. The number of aryl methyl sites for hydroxylation is 3. The summed E-state index contributed by atoms with van der Waals surface area (Å²) in [4.78, 5) is 17.6. The van der Waals surface area contributed by atoms with E-state index in [2.05, 4.69) is 21.5 Å². The van der Waals surface area contributed by atoms with Gasteiger partial charge < -0.3 is 5.32 Å². The standard InChI is InChI=1S/C24H20Cl2N4O/c1-14-7-10-21(16(3)11-14)30-23(17-5-4-6-18(25)12-17)28-22(29-30)24(31)27-20-13-19(26)9-8-15(20)2/h4-13H,1-3H3,(H,27,31). The largest absolute Gasteiger partial charge is 0.319 e. The molecule has 0 unspecified atom stereocenters. The Morgan fingerprint density at radius 2 is 1.68 bits per heavy atom. The number of hydrogen-bond donors (Lipinski definition) is 1. The van der Waals surface area contributed by atoms with Gasteiger partial charge in [0.05, 0.1) is 5.69 Å². The Hall–Kier alpha value is -3.15. The van der Waals surface area contributed by atoms with Crippen LogP contribution in [0.3, 0.4) is 0 Å². The van der Waals surface area contributed by atoms with Crippen molar-refractivity contribution >= 4 is 34.8 Å². The molecule has 0 fully saturated rings. The second-order valence-corrected chi connectivity index (χ2v) is 8.26. The number of carbonyl (C=O) groups is 1. The highest BCUT2D eigenvalue weighted by molar-refractivity contribution is 6.31. The van der Waals surface area contributed by atoms with Gasteiger partial charge in [0.15, 0.2) is 5.82 Å². The van der Waals surface area contributed by atoms with Crippen molar-refractivity contribution in [2.45, 2.75) is 20.8 Å². The zero-order chi connectivity index (χ0) is 22.1. The van der Waals surface area contributed by atoms with E-state index in [1.807, 2.05) is 51.1 Å². The minimum absolute atomic E-state index is 0.0503. The lowest BCUT2D eigenvalue weighted by Crippen LogP contribution is -2.15. The molecule has 0 aliphatic carbocycles. The van der Waals surface area contributed by atoms with Crippen molar-refractivity contribution in [3.8, 4) is 17.1 Å². The van der Waals surface area contributed by atoms with E-state index in [4.69, 9.17) is 23.2 Å². The molecule has 0 aliphatic rings. The second-order valence-electron chi connectivity index (χ2n) is 7.38. The molecule has 5 nitrogen and oxygen atoms in total. The molecule has 4 rings (SSSR count). The van der Waals surface area contributed by atoms with E-state index >= 15 is 0 Å². The maximum atomic E-state index is 13.0. The first-order valence-electron chi connectivity index (χ1n) is 9.70. The Labute approximate surface area is 190 Å². The van der Waals surface area contributed by atoms with Crippen LogP contribution in [0.15, 0.2) is 60.7 Å². The van der Waals surface area contributed by atoms with Gasteiger partial charge in [0.2, 0.25) is 5.82 Å². The summed E-state index contributed by atoms with van der Waals surface area (Å²) in [5, 5.41) is 8.51. The van der Waals surface area contributed by atoms with Crippen molar-refractivity contribution < 1.29 is 4.79 Å². The number of carbonyl (C=O) groups excluding carboxylic acids is 1. The van der Waals surface area contributed by atoms with E-state index in [0.717, 1.165) is 27.9 Å². The molecule has 0 bridgehead atoms. The Morgan fingerprint density at radius 1 is 0.903 bits per heavy atom. The van der Waals surface area contributed by atoms with E-state index in [0.29, 0.717) is 21.6 Å². The zero-order valence-corrected chi connectivity index (χ0v) is 18.8. The molecule has 4 aromatic rings. The number of halogens is 2. The molecular formula is C24H20Cl2N4O. The maximum Gasteiger partial charge on any atom is 0.295 e. The number of amides is 1. The quantitative estimate of drug-likeness (QED) is 0.390. The lowest BCUT2D eigenvalue weighted by Gasteiger charge is -2.10. The van der Waals surface area contributed by atoms with Gasteiger partial charge in [0.1, 0.15) is 0 Å². The molecular weight excluding hydrogens is 431 g/mol. The van der Waals surface area contributed by atoms with Crippen LogP contribution in [0.2, 0.25) is 10.0 Å². The zero-order valence-electron chi connectivity index (χ0n) is 17.3. The van der Waals surface area contributed by atoms with Gasteiger partial charge in [-0.25, -0.2) is 9.67 Å². The van der Waals surface area contributed by atoms with Crippen molar-refractivity contribution in [1.29, 1.82) is 0 Å². The lowest BCUT2D eigenvalue weighted by atomic mass is 10.1. The van der Waals surface area contributed by atoms with Crippen LogP contribution in [0, 0.1) is 20.8 Å². The topological polar surface area (TPSA) is 59.8 Å². The summed E-state index contributed by atoms with van der Waals surface area (Å²) in [6.07, 6.45) is 0. The first kappa shape index (κ1) is 21.1. The Kier molecular flexibility index (Phi) is 5.81. The molecule has 1 aromatic heterocycles. The minimum atomic E-state index is -0.419. The fourth-order valence-corrected chi connectivity index (χ4v) is 3.70. The minimum Gasteiger partial charge on any atom is -0.319 e. The van der Waals surface area contributed by atoms with Gasteiger partial charge in [-0.1, -0.05) is 59.1 Å². The molecule has 7 heteroatoms. The molecule has 0 saturated heterocycles. The van der Waals surface area contributed by atoms with Crippen molar-refractivity contribution in [3.63, 3.8) is 0 Å². The van der Waals surface area contributed by atoms with E-state index in [1.165, 1.54) is 0 Å².